The Bertz CT molecular complexity index is 541. The quantitative estimate of drug-likeness (QED) is 0.755. The number of carbonyl (C=O) groups is 1. The highest BCUT2D eigenvalue weighted by atomic mass is 35.5. The first-order valence-electron chi connectivity index (χ1n) is 4.03. The van der Waals surface area contributed by atoms with Gasteiger partial charge in [0.25, 0.3) is 10.0 Å². The molecule has 2 amide bonds. The minimum atomic E-state index is -3.76. The first-order valence-corrected chi connectivity index (χ1v) is 5.85. The number of urea groups is 1. The average molecular weight is 247 g/mol. The zero-order chi connectivity index (χ0) is 11.2. The fraction of sp³-hybridized carbons (Fsp3) is 0.125. The van der Waals surface area contributed by atoms with Gasteiger partial charge in [-0.05, 0) is 12.1 Å². The van der Waals surface area contributed by atoms with Crippen molar-refractivity contribution in [3.8, 4) is 0 Å². The minimum absolute atomic E-state index is 0.0112. The highest BCUT2D eigenvalue weighted by Gasteiger charge is 2.34. The van der Waals surface area contributed by atoms with Gasteiger partial charge in [-0.3, -0.25) is 0 Å². The fourth-order valence-corrected chi connectivity index (χ4v) is 2.79. The number of hydrogen-bond donors (Lipinski definition) is 1. The molecule has 1 heterocycles. The molecule has 1 N–H and O–H groups in total. The van der Waals surface area contributed by atoms with Crippen molar-refractivity contribution in [3.63, 3.8) is 0 Å². The van der Waals surface area contributed by atoms with E-state index < -0.39 is 16.1 Å². The normalized spacial score (nSPS) is 18.3. The van der Waals surface area contributed by atoms with Crippen molar-refractivity contribution in [1.29, 1.82) is 0 Å². The van der Waals surface area contributed by atoms with Crippen LogP contribution in [0.4, 0.5) is 10.5 Å². The Morgan fingerprint density at radius 3 is 2.73 bits per heavy atom. The molecule has 0 fully saturated rings. The Morgan fingerprint density at radius 1 is 1.40 bits per heavy atom. The summed E-state index contributed by atoms with van der Waals surface area (Å²) in [6, 6.07) is 3.72. The molecule has 0 radical (unpaired) electrons. The van der Waals surface area contributed by atoms with Crippen molar-refractivity contribution in [2.24, 2.45) is 0 Å². The molecule has 0 spiro atoms. The first-order chi connectivity index (χ1) is 6.94. The molecular weight excluding hydrogens is 240 g/mol. The summed E-state index contributed by atoms with van der Waals surface area (Å²) < 4.78 is 24.2. The van der Waals surface area contributed by atoms with Crippen LogP contribution in [0.25, 0.3) is 0 Å². The van der Waals surface area contributed by atoms with Gasteiger partial charge in [0.15, 0.2) is 0 Å². The van der Waals surface area contributed by atoms with Gasteiger partial charge in [-0.15, -0.1) is 0 Å². The maximum Gasteiger partial charge on any atom is 0.335 e. The number of carbonyl (C=O) groups excluding carboxylic acids is 1. The number of rotatable bonds is 0. The molecule has 80 valence electrons. The van der Waals surface area contributed by atoms with Gasteiger partial charge in [0.05, 0.1) is 10.7 Å². The molecule has 0 atom stereocenters. The van der Waals surface area contributed by atoms with E-state index in [1.165, 1.54) is 25.2 Å². The van der Waals surface area contributed by atoms with Gasteiger partial charge in [0.2, 0.25) is 0 Å². The Morgan fingerprint density at radius 2 is 2.07 bits per heavy atom. The van der Waals surface area contributed by atoms with Crippen molar-refractivity contribution in [3.05, 3.63) is 23.2 Å². The molecule has 1 aliphatic rings. The monoisotopic (exact) mass is 246 g/mol. The van der Waals surface area contributed by atoms with Gasteiger partial charge in [-0.25, -0.2) is 17.5 Å². The predicted molar refractivity (Wildman–Crippen MR) is 55.4 cm³/mol. The molecule has 0 unspecified atom stereocenters. The van der Waals surface area contributed by atoms with Crippen LogP contribution < -0.4 is 5.32 Å². The van der Waals surface area contributed by atoms with Crippen LogP contribution in [0.2, 0.25) is 5.02 Å². The highest BCUT2D eigenvalue weighted by Crippen LogP contribution is 2.34. The Balaban J connectivity index is 2.78. The molecular formula is C8H7ClN2O3S. The van der Waals surface area contributed by atoms with Crippen LogP contribution in [0.15, 0.2) is 23.1 Å². The minimum Gasteiger partial charge on any atom is -0.304 e. The molecule has 15 heavy (non-hydrogen) atoms. The number of benzene rings is 1. The van der Waals surface area contributed by atoms with Crippen molar-refractivity contribution in [2.45, 2.75) is 4.90 Å². The van der Waals surface area contributed by atoms with Gasteiger partial charge >= 0.3 is 6.03 Å². The van der Waals surface area contributed by atoms with Crippen LogP contribution in [0.1, 0.15) is 0 Å². The van der Waals surface area contributed by atoms with Crippen LogP contribution in [0.3, 0.4) is 0 Å². The lowest BCUT2D eigenvalue weighted by atomic mass is 10.3. The van der Waals surface area contributed by atoms with Crippen molar-refractivity contribution >= 4 is 33.3 Å². The standard InChI is InChI=1S/C8H7ClN2O3S/c1-11-8(12)10-7-5(9)3-2-4-6(7)15(11,13)14/h2-4H,1H3,(H,10,12). The fourth-order valence-electron chi connectivity index (χ4n) is 1.28. The lowest BCUT2D eigenvalue weighted by Crippen LogP contribution is -2.41. The number of fused-ring (bicyclic) bond motifs is 1. The van der Waals surface area contributed by atoms with Crippen molar-refractivity contribution in [2.75, 3.05) is 12.4 Å². The van der Waals surface area contributed by atoms with E-state index in [2.05, 4.69) is 5.32 Å². The van der Waals surface area contributed by atoms with E-state index in [0.29, 0.717) is 4.31 Å². The summed E-state index contributed by atoms with van der Waals surface area (Å²) in [5, 5.41) is 2.62. The molecule has 1 aromatic carbocycles. The SMILES string of the molecule is CN1C(=O)Nc2c(Cl)cccc2S1(=O)=O. The topological polar surface area (TPSA) is 66.5 Å². The summed E-state index contributed by atoms with van der Waals surface area (Å²) >= 11 is 5.78. The van der Waals surface area contributed by atoms with Gasteiger partial charge < -0.3 is 5.32 Å². The molecule has 0 aromatic heterocycles. The third kappa shape index (κ3) is 1.37. The second kappa shape index (κ2) is 3.11. The third-order valence-corrected chi connectivity index (χ3v) is 4.23. The highest BCUT2D eigenvalue weighted by molar-refractivity contribution is 7.90. The van der Waals surface area contributed by atoms with E-state index in [0.717, 1.165) is 0 Å². The van der Waals surface area contributed by atoms with Gasteiger partial charge in [-0.2, -0.15) is 0 Å². The number of anilines is 1. The molecule has 7 heteroatoms. The Kier molecular flexibility index (Phi) is 2.13. The zero-order valence-electron chi connectivity index (χ0n) is 7.69. The summed E-state index contributed by atoms with van der Waals surface area (Å²) in [5.74, 6) is 0. The van der Waals surface area contributed by atoms with Crippen molar-refractivity contribution < 1.29 is 13.2 Å². The van der Waals surface area contributed by atoms with E-state index in [9.17, 15) is 13.2 Å². The van der Waals surface area contributed by atoms with Gasteiger partial charge in [-0.1, -0.05) is 17.7 Å². The second-order valence-electron chi connectivity index (χ2n) is 3.02. The molecule has 0 aliphatic carbocycles. The molecule has 0 bridgehead atoms. The molecule has 1 aromatic rings. The number of nitrogens with zero attached hydrogens (tertiary/aromatic N) is 1. The molecule has 5 nitrogen and oxygen atoms in total. The number of sulfonamides is 1. The molecule has 0 saturated carbocycles. The zero-order valence-corrected chi connectivity index (χ0v) is 9.26. The van der Waals surface area contributed by atoms with E-state index in [-0.39, 0.29) is 15.6 Å². The largest absolute Gasteiger partial charge is 0.335 e. The average Bonchev–Trinajstić information content (AvgIpc) is 2.17. The molecule has 2 rings (SSSR count). The Hall–Kier alpha value is -1.27. The summed E-state index contributed by atoms with van der Waals surface area (Å²) in [6.45, 7) is 0. The number of nitrogens with one attached hydrogen (secondary N) is 1. The summed E-state index contributed by atoms with van der Waals surface area (Å²) in [4.78, 5) is 11.3. The smallest absolute Gasteiger partial charge is 0.304 e. The van der Waals surface area contributed by atoms with E-state index >= 15 is 0 Å². The van der Waals surface area contributed by atoms with E-state index in [1.54, 1.807) is 0 Å². The third-order valence-electron chi connectivity index (χ3n) is 2.13. The lowest BCUT2D eigenvalue weighted by Gasteiger charge is -2.25. The van der Waals surface area contributed by atoms with Gasteiger partial charge in [0.1, 0.15) is 4.90 Å². The second-order valence-corrected chi connectivity index (χ2v) is 5.36. The van der Waals surface area contributed by atoms with Crippen LogP contribution >= 0.6 is 11.6 Å². The van der Waals surface area contributed by atoms with Crippen LogP contribution in [0.5, 0.6) is 0 Å². The van der Waals surface area contributed by atoms with E-state index in [4.69, 9.17) is 11.6 Å². The van der Waals surface area contributed by atoms with Crippen LogP contribution in [-0.4, -0.2) is 25.8 Å². The van der Waals surface area contributed by atoms with E-state index in [1.807, 2.05) is 0 Å². The van der Waals surface area contributed by atoms with Crippen LogP contribution in [-0.2, 0) is 10.0 Å². The Labute approximate surface area is 91.7 Å². The van der Waals surface area contributed by atoms with Gasteiger partial charge in [0, 0.05) is 7.05 Å². The maximum absolute atomic E-state index is 11.8. The first kappa shape index (κ1) is 10.3. The number of hydrogen-bond acceptors (Lipinski definition) is 3. The number of para-hydroxylation sites is 1. The van der Waals surface area contributed by atoms with Crippen LogP contribution in [0, 0.1) is 0 Å². The maximum atomic E-state index is 11.8. The molecule has 1 aliphatic heterocycles. The lowest BCUT2D eigenvalue weighted by molar-refractivity contribution is 0.240. The molecule has 0 saturated heterocycles. The number of halogens is 1. The van der Waals surface area contributed by atoms with Crippen molar-refractivity contribution in [1.82, 2.24) is 4.31 Å². The summed E-state index contributed by atoms with van der Waals surface area (Å²) in [6.07, 6.45) is 0. The predicted octanol–water partition coefficient (Wildman–Crippen LogP) is 1.51. The summed E-state index contributed by atoms with van der Waals surface area (Å²) in [5.41, 5.74) is 0.141. The summed E-state index contributed by atoms with van der Waals surface area (Å²) in [7, 11) is -2.57. The number of amides is 2.